The van der Waals surface area contributed by atoms with Crippen LogP contribution >= 0.6 is 0 Å². The molecule has 0 radical (unpaired) electrons. The van der Waals surface area contributed by atoms with Crippen LogP contribution in [0.1, 0.15) is 19.8 Å². The Labute approximate surface area is 102 Å². The number of piperidine rings is 1. The van der Waals surface area contributed by atoms with E-state index in [-0.39, 0.29) is 11.3 Å². The number of hydrogen-bond donors (Lipinski definition) is 2. The molecule has 5 nitrogen and oxygen atoms in total. The lowest BCUT2D eigenvalue weighted by molar-refractivity contribution is -0.148. The molecule has 0 atom stereocenters. The zero-order valence-corrected chi connectivity index (χ0v) is 10.7. The van der Waals surface area contributed by atoms with E-state index in [0.29, 0.717) is 32.6 Å². The van der Waals surface area contributed by atoms with Crippen molar-refractivity contribution in [2.24, 2.45) is 5.41 Å². The van der Waals surface area contributed by atoms with Crippen LogP contribution in [0.2, 0.25) is 0 Å². The number of carbonyl (C=O) groups is 1. The second kappa shape index (κ2) is 4.55. The second-order valence-corrected chi connectivity index (χ2v) is 5.82. The van der Waals surface area contributed by atoms with Crippen molar-refractivity contribution < 1.29 is 14.6 Å². The van der Waals surface area contributed by atoms with Crippen molar-refractivity contribution >= 4 is 5.91 Å². The summed E-state index contributed by atoms with van der Waals surface area (Å²) in [7, 11) is 2.00. The Balaban J connectivity index is 1.82. The van der Waals surface area contributed by atoms with Crippen LogP contribution in [0.15, 0.2) is 0 Å². The summed E-state index contributed by atoms with van der Waals surface area (Å²) >= 11 is 0. The first kappa shape index (κ1) is 12.8. The van der Waals surface area contributed by atoms with E-state index in [1.807, 2.05) is 7.05 Å². The number of amides is 1. The maximum Gasteiger partial charge on any atom is 0.252 e. The third kappa shape index (κ3) is 2.78. The molecule has 2 fully saturated rings. The minimum absolute atomic E-state index is 0.0531. The van der Waals surface area contributed by atoms with Gasteiger partial charge in [-0.05, 0) is 19.9 Å². The molecule has 0 aliphatic carbocycles. The summed E-state index contributed by atoms with van der Waals surface area (Å²) in [5.74, 6) is -0.223. The summed E-state index contributed by atoms with van der Waals surface area (Å²) < 4.78 is 5.13. The van der Waals surface area contributed by atoms with Crippen LogP contribution < -0.4 is 5.32 Å². The first-order valence-electron chi connectivity index (χ1n) is 6.21. The second-order valence-electron chi connectivity index (χ2n) is 5.82. The fraction of sp³-hybridized carbons (Fsp3) is 0.917. The quantitative estimate of drug-likeness (QED) is 0.706. The van der Waals surface area contributed by atoms with Gasteiger partial charge in [-0.25, -0.2) is 0 Å². The van der Waals surface area contributed by atoms with Gasteiger partial charge in [0, 0.05) is 25.0 Å². The molecule has 0 unspecified atom stereocenters. The molecule has 2 rings (SSSR count). The molecule has 0 saturated carbocycles. The largest absolute Gasteiger partial charge is 0.380 e. The first-order valence-corrected chi connectivity index (χ1v) is 6.21. The molecule has 17 heavy (non-hydrogen) atoms. The molecule has 5 heteroatoms. The van der Waals surface area contributed by atoms with Crippen LogP contribution in [0.3, 0.4) is 0 Å². The van der Waals surface area contributed by atoms with Crippen LogP contribution in [-0.2, 0) is 9.53 Å². The van der Waals surface area contributed by atoms with E-state index in [2.05, 4.69) is 17.1 Å². The third-order valence-corrected chi connectivity index (χ3v) is 3.81. The molecule has 0 aromatic carbocycles. The predicted octanol–water partition coefficient (Wildman–Crippen LogP) is -0.404. The Morgan fingerprint density at radius 3 is 2.47 bits per heavy atom. The third-order valence-electron chi connectivity index (χ3n) is 3.81. The zero-order chi connectivity index (χ0) is 12.5. The Hall–Kier alpha value is -0.650. The van der Waals surface area contributed by atoms with E-state index in [9.17, 15) is 9.90 Å². The average Bonchev–Trinajstić information content (AvgIpc) is 2.27. The highest BCUT2D eigenvalue weighted by Crippen LogP contribution is 2.26. The Morgan fingerprint density at radius 1 is 1.41 bits per heavy atom. The summed E-state index contributed by atoms with van der Waals surface area (Å²) in [5.41, 5.74) is -1.12. The van der Waals surface area contributed by atoms with Gasteiger partial charge in [-0.15, -0.1) is 0 Å². The highest BCUT2D eigenvalue weighted by atomic mass is 16.5. The van der Waals surface area contributed by atoms with Gasteiger partial charge in [0.25, 0.3) is 5.91 Å². The number of hydrogen-bond acceptors (Lipinski definition) is 4. The molecule has 2 aliphatic heterocycles. The van der Waals surface area contributed by atoms with Crippen LogP contribution in [-0.4, -0.2) is 61.4 Å². The number of aliphatic hydroxyl groups is 1. The van der Waals surface area contributed by atoms with Gasteiger partial charge in [-0.3, -0.25) is 4.79 Å². The number of likely N-dealkylation sites (tertiary alicyclic amines) is 1. The van der Waals surface area contributed by atoms with Crippen molar-refractivity contribution in [2.45, 2.75) is 25.4 Å². The number of nitrogens with zero attached hydrogens (tertiary/aromatic N) is 1. The number of nitrogens with one attached hydrogen (secondary N) is 1. The number of carbonyl (C=O) groups excluding carboxylic acids is 1. The van der Waals surface area contributed by atoms with Crippen molar-refractivity contribution in [1.82, 2.24) is 10.2 Å². The smallest absolute Gasteiger partial charge is 0.252 e. The SMILES string of the molecule is CN1CCC(O)(C(=O)NCC2(C)COC2)CC1. The lowest BCUT2D eigenvalue weighted by atomic mass is 9.87. The molecule has 0 spiro atoms. The summed E-state index contributed by atoms with van der Waals surface area (Å²) in [4.78, 5) is 14.1. The van der Waals surface area contributed by atoms with Gasteiger partial charge in [0.1, 0.15) is 5.60 Å². The number of rotatable bonds is 3. The van der Waals surface area contributed by atoms with E-state index in [1.54, 1.807) is 0 Å². The Kier molecular flexibility index (Phi) is 3.43. The van der Waals surface area contributed by atoms with Gasteiger partial charge in [0.15, 0.2) is 0 Å². The summed E-state index contributed by atoms with van der Waals surface area (Å²) in [6, 6.07) is 0. The fourth-order valence-corrected chi connectivity index (χ4v) is 2.23. The fourth-order valence-electron chi connectivity index (χ4n) is 2.23. The average molecular weight is 242 g/mol. The minimum Gasteiger partial charge on any atom is -0.380 e. The Morgan fingerprint density at radius 2 is 2.00 bits per heavy atom. The molecular weight excluding hydrogens is 220 g/mol. The van der Waals surface area contributed by atoms with Crippen molar-refractivity contribution in [2.75, 3.05) is 39.9 Å². The summed E-state index contributed by atoms with van der Waals surface area (Å²) in [6.45, 7) is 5.58. The molecule has 0 aromatic rings. The summed E-state index contributed by atoms with van der Waals surface area (Å²) in [6.07, 6.45) is 1.03. The highest BCUT2D eigenvalue weighted by Gasteiger charge is 2.40. The predicted molar refractivity (Wildman–Crippen MR) is 63.6 cm³/mol. The van der Waals surface area contributed by atoms with E-state index >= 15 is 0 Å². The van der Waals surface area contributed by atoms with Gasteiger partial charge in [0.05, 0.1) is 13.2 Å². The minimum atomic E-state index is -1.17. The van der Waals surface area contributed by atoms with Crippen LogP contribution in [0, 0.1) is 5.41 Å². The molecule has 2 N–H and O–H groups in total. The molecule has 2 aliphatic rings. The van der Waals surface area contributed by atoms with E-state index in [1.165, 1.54) is 0 Å². The lowest BCUT2D eigenvalue weighted by Gasteiger charge is -2.40. The van der Waals surface area contributed by atoms with Gasteiger partial charge >= 0.3 is 0 Å². The monoisotopic (exact) mass is 242 g/mol. The zero-order valence-electron chi connectivity index (χ0n) is 10.7. The van der Waals surface area contributed by atoms with E-state index < -0.39 is 5.60 Å². The maximum atomic E-state index is 12.0. The topological polar surface area (TPSA) is 61.8 Å². The standard InChI is InChI=1S/C12H22N2O3/c1-11(8-17-9-11)7-13-10(15)12(16)3-5-14(2)6-4-12/h16H,3-9H2,1-2H3,(H,13,15). The first-order chi connectivity index (χ1) is 7.94. The highest BCUT2D eigenvalue weighted by molar-refractivity contribution is 5.85. The van der Waals surface area contributed by atoms with Gasteiger partial charge < -0.3 is 20.1 Å². The normalized spacial score (nSPS) is 27.2. The summed E-state index contributed by atoms with van der Waals surface area (Å²) in [5, 5.41) is 13.1. The van der Waals surface area contributed by atoms with Crippen molar-refractivity contribution in [3.8, 4) is 0 Å². The van der Waals surface area contributed by atoms with Gasteiger partial charge in [0.2, 0.25) is 0 Å². The van der Waals surface area contributed by atoms with Crippen molar-refractivity contribution in [3.05, 3.63) is 0 Å². The maximum absolute atomic E-state index is 12.0. The van der Waals surface area contributed by atoms with Crippen LogP contribution in [0.25, 0.3) is 0 Å². The number of ether oxygens (including phenoxy) is 1. The van der Waals surface area contributed by atoms with Crippen molar-refractivity contribution in [1.29, 1.82) is 0 Å². The molecule has 1 amide bonds. The molecule has 0 bridgehead atoms. The molecule has 2 saturated heterocycles. The van der Waals surface area contributed by atoms with Gasteiger partial charge in [-0.1, -0.05) is 6.92 Å². The van der Waals surface area contributed by atoms with Crippen LogP contribution in [0.5, 0.6) is 0 Å². The molecule has 2 heterocycles. The van der Waals surface area contributed by atoms with Crippen molar-refractivity contribution in [3.63, 3.8) is 0 Å². The molecular formula is C12H22N2O3. The van der Waals surface area contributed by atoms with Gasteiger partial charge in [-0.2, -0.15) is 0 Å². The molecule has 0 aromatic heterocycles. The van der Waals surface area contributed by atoms with Crippen LogP contribution in [0.4, 0.5) is 0 Å². The Bertz CT molecular complexity index is 294. The van der Waals surface area contributed by atoms with E-state index in [4.69, 9.17) is 4.74 Å². The lowest BCUT2D eigenvalue weighted by Crippen LogP contribution is -2.56. The molecule has 98 valence electrons. The van der Waals surface area contributed by atoms with E-state index in [0.717, 1.165) is 13.1 Å².